The molecule has 2 heterocycles. The second kappa shape index (κ2) is 4.35. The fourth-order valence-electron chi connectivity index (χ4n) is 2.52. The average molecular weight is 283 g/mol. The zero-order valence-electron chi connectivity index (χ0n) is 10.6. The van der Waals surface area contributed by atoms with Crippen molar-refractivity contribution in [3.63, 3.8) is 0 Å². The minimum Gasteiger partial charge on any atom is -0.339 e. The molecule has 19 heavy (non-hydrogen) atoms. The highest BCUT2D eigenvalue weighted by Gasteiger charge is 2.31. The Morgan fingerprint density at radius 1 is 1.26 bits per heavy atom. The number of carbonyl (C=O) groups is 1. The van der Waals surface area contributed by atoms with Crippen molar-refractivity contribution in [1.82, 2.24) is 9.47 Å². The van der Waals surface area contributed by atoms with E-state index in [4.69, 9.17) is 5.14 Å². The van der Waals surface area contributed by atoms with E-state index in [2.05, 4.69) is 0 Å². The van der Waals surface area contributed by atoms with E-state index in [-0.39, 0.29) is 16.8 Å². The summed E-state index contributed by atoms with van der Waals surface area (Å²) in [5.41, 5.74) is 0.452. The van der Waals surface area contributed by atoms with Gasteiger partial charge >= 0.3 is 0 Å². The molecule has 2 fully saturated rings. The Hall–Kier alpha value is -1.34. The molecule has 0 atom stereocenters. The third-order valence-corrected chi connectivity index (χ3v) is 4.58. The van der Waals surface area contributed by atoms with Crippen LogP contribution in [0.4, 0.5) is 0 Å². The van der Waals surface area contributed by atoms with Crippen LogP contribution >= 0.6 is 0 Å². The Labute approximate surface area is 112 Å². The van der Waals surface area contributed by atoms with Crippen LogP contribution in [0, 0.1) is 0 Å². The number of sulfonamides is 1. The molecule has 1 saturated carbocycles. The molecule has 1 amide bonds. The highest BCUT2D eigenvalue weighted by Crippen LogP contribution is 2.37. The van der Waals surface area contributed by atoms with Crippen molar-refractivity contribution in [2.75, 3.05) is 13.1 Å². The van der Waals surface area contributed by atoms with Gasteiger partial charge < -0.3 is 9.47 Å². The van der Waals surface area contributed by atoms with Crippen molar-refractivity contribution in [1.29, 1.82) is 0 Å². The summed E-state index contributed by atoms with van der Waals surface area (Å²) < 4.78 is 24.6. The average Bonchev–Trinajstić information content (AvgIpc) is 2.90. The maximum Gasteiger partial charge on any atom is 0.270 e. The molecule has 1 aliphatic heterocycles. The van der Waals surface area contributed by atoms with E-state index in [9.17, 15) is 13.2 Å². The summed E-state index contributed by atoms with van der Waals surface area (Å²) in [6, 6.07) is 1.66. The first-order valence-electron chi connectivity index (χ1n) is 6.51. The minimum absolute atomic E-state index is 0.0296. The number of rotatable bonds is 3. The van der Waals surface area contributed by atoms with Crippen LogP contribution in [-0.4, -0.2) is 36.9 Å². The second-order valence-electron chi connectivity index (χ2n) is 5.24. The molecule has 2 N–H and O–H groups in total. The normalized spacial score (nSPS) is 19.9. The Morgan fingerprint density at radius 3 is 2.42 bits per heavy atom. The van der Waals surface area contributed by atoms with Crippen molar-refractivity contribution in [2.24, 2.45) is 5.14 Å². The van der Waals surface area contributed by atoms with E-state index in [1.807, 2.05) is 0 Å². The third kappa shape index (κ3) is 2.40. The molecule has 1 aromatic heterocycles. The van der Waals surface area contributed by atoms with E-state index >= 15 is 0 Å². The van der Waals surface area contributed by atoms with Gasteiger partial charge in [-0.15, -0.1) is 0 Å². The van der Waals surface area contributed by atoms with Gasteiger partial charge in [0.2, 0.25) is 10.0 Å². The van der Waals surface area contributed by atoms with E-state index in [1.165, 1.54) is 12.3 Å². The summed E-state index contributed by atoms with van der Waals surface area (Å²) in [5.74, 6) is -0.0840. The molecule has 3 rings (SSSR count). The zero-order valence-corrected chi connectivity index (χ0v) is 11.4. The van der Waals surface area contributed by atoms with Gasteiger partial charge in [-0.1, -0.05) is 0 Å². The van der Waals surface area contributed by atoms with E-state index in [0.717, 1.165) is 38.8 Å². The fraction of sp³-hybridized carbons (Fsp3) is 0.583. The van der Waals surface area contributed by atoms with Crippen molar-refractivity contribution in [2.45, 2.75) is 36.6 Å². The highest BCUT2D eigenvalue weighted by atomic mass is 32.2. The van der Waals surface area contributed by atoms with E-state index in [0.29, 0.717) is 5.69 Å². The fourth-order valence-corrected chi connectivity index (χ4v) is 3.05. The van der Waals surface area contributed by atoms with Gasteiger partial charge in [-0.2, -0.15) is 0 Å². The van der Waals surface area contributed by atoms with E-state index < -0.39 is 10.0 Å². The quantitative estimate of drug-likeness (QED) is 0.886. The molecular formula is C12H17N3O3S. The Morgan fingerprint density at radius 2 is 1.89 bits per heavy atom. The minimum atomic E-state index is -3.76. The van der Waals surface area contributed by atoms with Gasteiger partial charge in [0, 0.05) is 25.3 Å². The number of nitrogens with zero attached hydrogens (tertiary/aromatic N) is 2. The molecule has 0 radical (unpaired) electrons. The van der Waals surface area contributed by atoms with Crippen LogP contribution in [-0.2, 0) is 10.0 Å². The predicted octanol–water partition coefficient (Wildman–Crippen LogP) is 0.706. The maximum absolute atomic E-state index is 12.4. The van der Waals surface area contributed by atoms with Crippen LogP contribution in [0.2, 0.25) is 0 Å². The van der Waals surface area contributed by atoms with Crippen LogP contribution in [0.15, 0.2) is 17.2 Å². The van der Waals surface area contributed by atoms with Crippen LogP contribution < -0.4 is 5.14 Å². The Kier molecular flexibility index (Phi) is 2.90. The lowest BCUT2D eigenvalue weighted by Gasteiger charge is -2.16. The van der Waals surface area contributed by atoms with Gasteiger partial charge in [0.25, 0.3) is 5.91 Å². The first kappa shape index (κ1) is 12.7. The lowest BCUT2D eigenvalue weighted by Crippen LogP contribution is -2.29. The SMILES string of the molecule is NS(=O)(=O)c1cc(C(=O)N2CCCC2)n(C2CC2)c1. The van der Waals surface area contributed by atoms with Crippen LogP contribution in [0.5, 0.6) is 0 Å². The molecule has 104 valence electrons. The Bertz CT molecular complexity index is 610. The monoisotopic (exact) mass is 283 g/mol. The number of amides is 1. The molecule has 6 nitrogen and oxygen atoms in total. The third-order valence-electron chi connectivity index (χ3n) is 3.70. The van der Waals surface area contributed by atoms with Crippen molar-refractivity contribution in [3.8, 4) is 0 Å². The molecule has 1 aliphatic carbocycles. The van der Waals surface area contributed by atoms with Crippen molar-refractivity contribution < 1.29 is 13.2 Å². The van der Waals surface area contributed by atoms with Gasteiger partial charge in [-0.05, 0) is 31.7 Å². The molecule has 1 saturated heterocycles. The summed E-state index contributed by atoms with van der Waals surface area (Å²) >= 11 is 0. The molecule has 0 unspecified atom stereocenters. The van der Waals surface area contributed by atoms with Crippen molar-refractivity contribution >= 4 is 15.9 Å². The van der Waals surface area contributed by atoms with Crippen molar-refractivity contribution in [3.05, 3.63) is 18.0 Å². The first-order chi connectivity index (χ1) is 8.97. The molecule has 0 spiro atoms. The predicted molar refractivity (Wildman–Crippen MR) is 69.2 cm³/mol. The summed E-state index contributed by atoms with van der Waals surface area (Å²) in [5, 5.41) is 5.15. The summed E-state index contributed by atoms with van der Waals surface area (Å²) in [4.78, 5) is 14.2. The molecular weight excluding hydrogens is 266 g/mol. The molecule has 0 aromatic carbocycles. The number of primary sulfonamides is 1. The van der Waals surface area contributed by atoms with Crippen LogP contribution in [0.1, 0.15) is 42.2 Å². The van der Waals surface area contributed by atoms with Gasteiger partial charge in [0.15, 0.2) is 0 Å². The van der Waals surface area contributed by atoms with Gasteiger partial charge in [0.1, 0.15) is 10.6 Å². The smallest absolute Gasteiger partial charge is 0.270 e. The first-order valence-corrected chi connectivity index (χ1v) is 8.05. The topological polar surface area (TPSA) is 85.4 Å². The molecule has 7 heteroatoms. The zero-order chi connectivity index (χ0) is 13.6. The summed E-state index contributed by atoms with van der Waals surface area (Å²) in [6.07, 6.45) is 5.49. The van der Waals surface area contributed by atoms with Gasteiger partial charge in [-0.3, -0.25) is 4.79 Å². The summed E-state index contributed by atoms with van der Waals surface area (Å²) in [7, 11) is -3.76. The number of hydrogen-bond acceptors (Lipinski definition) is 3. The number of aromatic nitrogens is 1. The Balaban J connectivity index is 1.99. The standard InChI is InChI=1S/C12H17N3O3S/c13-19(17,18)10-7-11(15(8-10)9-3-4-9)12(16)14-5-1-2-6-14/h7-9H,1-6H2,(H2,13,17,18). The lowest BCUT2D eigenvalue weighted by molar-refractivity contribution is 0.0782. The highest BCUT2D eigenvalue weighted by molar-refractivity contribution is 7.89. The van der Waals surface area contributed by atoms with Crippen LogP contribution in [0.25, 0.3) is 0 Å². The summed E-state index contributed by atoms with van der Waals surface area (Å²) in [6.45, 7) is 1.50. The number of likely N-dealkylation sites (tertiary alicyclic amines) is 1. The molecule has 2 aliphatic rings. The second-order valence-corrected chi connectivity index (χ2v) is 6.81. The number of nitrogens with two attached hydrogens (primary N) is 1. The largest absolute Gasteiger partial charge is 0.339 e. The van der Waals surface area contributed by atoms with Crippen LogP contribution in [0.3, 0.4) is 0 Å². The van der Waals surface area contributed by atoms with E-state index in [1.54, 1.807) is 9.47 Å². The van der Waals surface area contributed by atoms with Gasteiger partial charge in [-0.25, -0.2) is 13.6 Å². The lowest BCUT2D eigenvalue weighted by atomic mass is 10.3. The molecule has 0 bridgehead atoms. The number of hydrogen-bond donors (Lipinski definition) is 1. The van der Waals surface area contributed by atoms with Gasteiger partial charge in [0.05, 0.1) is 0 Å². The maximum atomic E-state index is 12.4. The number of carbonyl (C=O) groups excluding carboxylic acids is 1. The molecule has 1 aromatic rings.